The number of carbonyl (C=O) groups is 1. The summed E-state index contributed by atoms with van der Waals surface area (Å²) >= 11 is 0. The topological polar surface area (TPSA) is 95.6 Å². The van der Waals surface area contributed by atoms with E-state index in [1.165, 1.54) is 0 Å². The predicted molar refractivity (Wildman–Crippen MR) is 70.7 cm³/mol. The minimum Gasteiger partial charge on any atom is -0.359 e. The third kappa shape index (κ3) is 3.27. The van der Waals surface area contributed by atoms with Gasteiger partial charge < -0.3 is 15.6 Å². The first-order valence-corrected chi connectivity index (χ1v) is 6.08. The fourth-order valence-corrected chi connectivity index (χ4v) is 1.59. The largest absolute Gasteiger partial charge is 0.359 e. The second-order valence-corrected chi connectivity index (χ2v) is 4.00. The Bertz CT molecular complexity index is 522. The number of hydrogen-bond acceptors (Lipinski definition) is 5. The number of nitrogens with zero attached hydrogens (tertiary/aromatic N) is 3. The van der Waals surface area contributed by atoms with Gasteiger partial charge in [-0.15, -0.1) is 10.2 Å². The van der Waals surface area contributed by atoms with Crippen LogP contribution in [0, 0.1) is 0 Å². The zero-order chi connectivity index (χ0) is 13.7. The predicted octanol–water partition coefficient (Wildman–Crippen LogP) is 1.12. The smallest absolute Gasteiger partial charge is 0.271 e. The van der Waals surface area contributed by atoms with E-state index in [-0.39, 0.29) is 11.9 Å². The van der Waals surface area contributed by atoms with E-state index in [0.717, 1.165) is 5.82 Å². The molecule has 2 heterocycles. The van der Waals surface area contributed by atoms with Gasteiger partial charge in [0, 0.05) is 18.9 Å². The summed E-state index contributed by atoms with van der Waals surface area (Å²) in [6, 6.07) is 3.34. The summed E-state index contributed by atoms with van der Waals surface area (Å²) in [4.78, 5) is 18.7. The molecule has 0 aliphatic carbocycles. The lowest BCUT2D eigenvalue weighted by Gasteiger charge is -2.11. The molecule has 100 valence electrons. The lowest BCUT2D eigenvalue weighted by atomic mass is 10.3. The molecule has 0 aliphatic heterocycles. The molecule has 7 heteroatoms. The summed E-state index contributed by atoms with van der Waals surface area (Å²) in [7, 11) is 0. The highest BCUT2D eigenvalue weighted by atomic mass is 16.1. The maximum atomic E-state index is 11.5. The second-order valence-electron chi connectivity index (χ2n) is 4.00. The average Bonchev–Trinajstić information content (AvgIpc) is 2.94. The molecule has 2 rings (SSSR count). The van der Waals surface area contributed by atoms with Gasteiger partial charge >= 0.3 is 0 Å². The van der Waals surface area contributed by atoms with Gasteiger partial charge in [0.25, 0.3) is 5.91 Å². The summed E-state index contributed by atoms with van der Waals surface area (Å²) in [6.45, 7) is 4.38. The highest BCUT2D eigenvalue weighted by molar-refractivity contribution is 5.92. The monoisotopic (exact) mass is 260 g/mol. The molecule has 1 amide bonds. The number of carbonyl (C=O) groups excluding carboxylic acids is 1. The van der Waals surface area contributed by atoms with Crippen LogP contribution in [0.5, 0.6) is 0 Å². The van der Waals surface area contributed by atoms with Gasteiger partial charge in [0.15, 0.2) is 5.69 Å². The zero-order valence-electron chi connectivity index (χ0n) is 10.8. The lowest BCUT2D eigenvalue weighted by Crippen LogP contribution is -2.24. The van der Waals surface area contributed by atoms with Crippen LogP contribution in [-0.2, 0) is 0 Å². The molecule has 1 unspecified atom stereocenters. The van der Waals surface area contributed by atoms with Gasteiger partial charge in [0.05, 0.1) is 6.04 Å². The molecule has 7 nitrogen and oxygen atoms in total. The molecule has 3 N–H and O–H groups in total. The summed E-state index contributed by atoms with van der Waals surface area (Å²) in [5, 5.41) is 13.7. The Labute approximate surface area is 110 Å². The number of amides is 1. The van der Waals surface area contributed by atoms with Crippen molar-refractivity contribution < 1.29 is 4.79 Å². The number of hydrogen-bond donors (Lipinski definition) is 3. The highest BCUT2D eigenvalue weighted by Crippen LogP contribution is 2.13. The van der Waals surface area contributed by atoms with Gasteiger partial charge in [-0.1, -0.05) is 0 Å². The number of imidazole rings is 1. The van der Waals surface area contributed by atoms with Gasteiger partial charge in [-0.05, 0) is 26.0 Å². The van der Waals surface area contributed by atoms with E-state index in [9.17, 15) is 4.79 Å². The number of nitrogens with one attached hydrogen (secondary N) is 3. The van der Waals surface area contributed by atoms with Gasteiger partial charge in [-0.3, -0.25) is 4.79 Å². The first-order valence-electron chi connectivity index (χ1n) is 6.08. The molecule has 0 fully saturated rings. The molecular weight excluding hydrogens is 244 g/mol. The van der Waals surface area contributed by atoms with E-state index in [2.05, 4.69) is 30.8 Å². The van der Waals surface area contributed by atoms with Gasteiger partial charge in [0.1, 0.15) is 11.6 Å². The van der Waals surface area contributed by atoms with Crippen molar-refractivity contribution in [3.05, 3.63) is 36.0 Å². The van der Waals surface area contributed by atoms with Crippen molar-refractivity contribution in [2.75, 3.05) is 11.9 Å². The van der Waals surface area contributed by atoms with Gasteiger partial charge in [0.2, 0.25) is 0 Å². The third-order valence-electron chi connectivity index (χ3n) is 2.53. The standard InChI is InChI=1S/C12H16N6O/c1-3-13-12(19)9-4-5-10(18-17-9)16-8(2)11-14-6-7-15-11/h4-8H,3H2,1-2H3,(H,13,19)(H,14,15)(H,16,18). The van der Waals surface area contributed by atoms with Crippen LogP contribution in [0.4, 0.5) is 5.82 Å². The molecular formula is C12H16N6O. The molecule has 0 saturated carbocycles. The number of anilines is 1. The molecule has 0 aliphatic rings. The van der Waals surface area contributed by atoms with Crippen LogP contribution >= 0.6 is 0 Å². The van der Waals surface area contributed by atoms with Crippen molar-refractivity contribution in [1.82, 2.24) is 25.5 Å². The molecule has 2 aromatic heterocycles. The highest BCUT2D eigenvalue weighted by Gasteiger charge is 2.10. The molecule has 0 aromatic carbocycles. The molecule has 0 bridgehead atoms. The maximum absolute atomic E-state index is 11.5. The number of aromatic nitrogens is 4. The van der Waals surface area contributed by atoms with Crippen molar-refractivity contribution in [2.45, 2.75) is 19.9 Å². The van der Waals surface area contributed by atoms with E-state index >= 15 is 0 Å². The number of rotatable bonds is 5. The lowest BCUT2D eigenvalue weighted by molar-refractivity contribution is 0.0950. The Hall–Kier alpha value is -2.44. The minimum absolute atomic E-state index is 0.0142. The molecule has 0 saturated heterocycles. The van der Waals surface area contributed by atoms with Crippen LogP contribution in [0.1, 0.15) is 36.2 Å². The Morgan fingerprint density at radius 1 is 1.42 bits per heavy atom. The Morgan fingerprint density at radius 3 is 2.84 bits per heavy atom. The van der Waals surface area contributed by atoms with Gasteiger partial charge in [-0.25, -0.2) is 4.98 Å². The Morgan fingerprint density at radius 2 is 2.26 bits per heavy atom. The van der Waals surface area contributed by atoms with Crippen LogP contribution < -0.4 is 10.6 Å². The van der Waals surface area contributed by atoms with E-state index in [0.29, 0.717) is 18.1 Å². The van der Waals surface area contributed by atoms with Crippen LogP contribution in [-0.4, -0.2) is 32.6 Å². The average molecular weight is 260 g/mol. The Balaban J connectivity index is 2.01. The third-order valence-corrected chi connectivity index (χ3v) is 2.53. The quantitative estimate of drug-likeness (QED) is 0.748. The minimum atomic E-state index is -0.222. The second kappa shape index (κ2) is 5.94. The van der Waals surface area contributed by atoms with Crippen LogP contribution in [0.3, 0.4) is 0 Å². The first kappa shape index (κ1) is 13.0. The van der Waals surface area contributed by atoms with E-state index in [1.807, 2.05) is 13.8 Å². The van der Waals surface area contributed by atoms with Crippen LogP contribution in [0.15, 0.2) is 24.5 Å². The number of aromatic amines is 1. The van der Waals surface area contributed by atoms with Crippen molar-refractivity contribution in [3.63, 3.8) is 0 Å². The van der Waals surface area contributed by atoms with Crippen molar-refractivity contribution in [2.24, 2.45) is 0 Å². The molecule has 1 atom stereocenters. The normalized spacial score (nSPS) is 11.9. The van der Waals surface area contributed by atoms with Crippen molar-refractivity contribution >= 4 is 11.7 Å². The molecule has 19 heavy (non-hydrogen) atoms. The fraction of sp³-hybridized carbons (Fsp3) is 0.333. The van der Waals surface area contributed by atoms with E-state index in [1.54, 1.807) is 24.5 Å². The molecule has 0 spiro atoms. The first-order chi connectivity index (χ1) is 9.20. The summed E-state index contributed by atoms with van der Waals surface area (Å²) in [6.07, 6.45) is 3.45. The van der Waals surface area contributed by atoms with E-state index in [4.69, 9.17) is 0 Å². The number of H-pyrrole nitrogens is 1. The maximum Gasteiger partial charge on any atom is 0.271 e. The summed E-state index contributed by atoms with van der Waals surface area (Å²) in [5.74, 6) is 1.19. The van der Waals surface area contributed by atoms with E-state index < -0.39 is 0 Å². The molecule has 0 radical (unpaired) electrons. The summed E-state index contributed by atoms with van der Waals surface area (Å²) < 4.78 is 0. The van der Waals surface area contributed by atoms with Gasteiger partial charge in [-0.2, -0.15) is 0 Å². The van der Waals surface area contributed by atoms with Crippen LogP contribution in [0.2, 0.25) is 0 Å². The van der Waals surface area contributed by atoms with Crippen LogP contribution in [0.25, 0.3) is 0 Å². The van der Waals surface area contributed by atoms with Crippen molar-refractivity contribution in [3.8, 4) is 0 Å². The zero-order valence-corrected chi connectivity index (χ0v) is 10.8. The SMILES string of the molecule is CCNC(=O)c1ccc(NC(C)c2ncc[nH]2)nn1. The Kier molecular flexibility index (Phi) is 4.07. The summed E-state index contributed by atoms with van der Waals surface area (Å²) in [5.41, 5.74) is 0.304. The van der Waals surface area contributed by atoms with Crippen molar-refractivity contribution in [1.29, 1.82) is 0 Å². The fourth-order valence-electron chi connectivity index (χ4n) is 1.59. The molecule has 2 aromatic rings.